The van der Waals surface area contributed by atoms with Crippen molar-refractivity contribution < 1.29 is 4.74 Å². The number of hydrogen-bond donors (Lipinski definition) is 0. The van der Waals surface area contributed by atoms with E-state index >= 15 is 0 Å². The lowest BCUT2D eigenvalue weighted by Gasteiger charge is -2.40. The van der Waals surface area contributed by atoms with Crippen molar-refractivity contribution in [2.45, 2.75) is 5.41 Å². The van der Waals surface area contributed by atoms with E-state index in [9.17, 15) is 5.26 Å². The van der Waals surface area contributed by atoms with Gasteiger partial charge in [0.1, 0.15) is 11.5 Å². The average Bonchev–Trinajstić information content (AvgIpc) is 3.48. The highest BCUT2D eigenvalue weighted by Crippen LogP contribution is 2.64. The molecular weight excluding hydrogens is 965 g/mol. The monoisotopic (exact) mass is 1010 g/mol. The van der Waals surface area contributed by atoms with Crippen LogP contribution in [-0.2, 0) is 5.41 Å². The van der Waals surface area contributed by atoms with Crippen molar-refractivity contribution in [3.63, 3.8) is 0 Å². The van der Waals surface area contributed by atoms with E-state index in [4.69, 9.17) is 14.7 Å². The largest absolute Gasteiger partial charge is 0.455 e. The summed E-state index contributed by atoms with van der Waals surface area (Å²) in [5.41, 5.74) is 19.7. The Morgan fingerprint density at radius 1 is 0.342 bits per heavy atom. The molecule has 6 heterocycles. The molecule has 2 aliphatic rings. The summed E-state index contributed by atoms with van der Waals surface area (Å²) in [4.78, 5) is 10.1. The van der Waals surface area contributed by atoms with Crippen LogP contribution in [0, 0.1) is 11.3 Å². The lowest BCUT2D eigenvalue weighted by molar-refractivity contribution is 0.439. The van der Waals surface area contributed by atoms with Crippen molar-refractivity contribution in [1.82, 2.24) is 23.7 Å². The summed E-state index contributed by atoms with van der Waals surface area (Å²) in [7, 11) is 0. The molecule has 0 atom stereocenters. The van der Waals surface area contributed by atoms with E-state index in [1.165, 1.54) is 27.2 Å². The zero-order chi connectivity index (χ0) is 51.9. The van der Waals surface area contributed by atoms with Crippen LogP contribution in [0.15, 0.2) is 255 Å². The third-order valence-electron chi connectivity index (χ3n) is 16.8. The highest BCUT2D eigenvalue weighted by Gasteiger charge is 2.53. The van der Waals surface area contributed by atoms with Gasteiger partial charge in [0.2, 0.25) is 0 Å². The van der Waals surface area contributed by atoms with Crippen LogP contribution in [0.1, 0.15) is 27.8 Å². The van der Waals surface area contributed by atoms with Crippen LogP contribution in [0.3, 0.4) is 0 Å². The second-order valence-electron chi connectivity index (χ2n) is 20.7. The molecule has 1 spiro atoms. The summed E-state index contributed by atoms with van der Waals surface area (Å²) in [6, 6.07) is 89.1. The Morgan fingerprint density at radius 3 is 1.25 bits per heavy atom. The summed E-state index contributed by atoms with van der Waals surface area (Å²) < 4.78 is 14.7. The van der Waals surface area contributed by atoms with Gasteiger partial charge in [0, 0.05) is 84.0 Å². The number of aromatic nitrogens is 5. The zero-order valence-electron chi connectivity index (χ0n) is 42.3. The van der Waals surface area contributed by atoms with E-state index in [-0.39, 0.29) is 0 Å². The molecule has 366 valence electrons. The standard InChI is InChI=1S/C72H42N6O/c73-43-44-28-35-65-55(40-44)57-42-46(30-37-67(57)76(65)47-14-2-1-3-15-47)51-20-11-22-61-71(51)79-70-50(19-10-21-60(70)72(61)58-23-12-38-74-68(58)69-59(72)24-13-39-75-69)45-29-36-66-56(41-45)54-18-6-9-27-64(54)78(66)49-33-31-48(32-34-49)77-62-25-7-4-16-52(62)53-17-5-8-26-63(53)77/h1-42H. The first-order valence-corrected chi connectivity index (χ1v) is 26.7. The summed E-state index contributed by atoms with van der Waals surface area (Å²) in [5.74, 6) is 1.57. The number of para-hydroxylation sites is 6. The minimum Gasteiger partial charge on any atom is -0.455 e. The average molecular weight is 1010 g/mol. The number of rotatable bonds is 5. The van der Waals surface area contributed by atoms with Gasteiger partial charge in [0.25, 0.3) is 0 Å². The first-order valence-electron chi connectivity index (χ1n) is 26.7. The Hall–Kier alpha value is -10.8. The molecule has 15 aromatic rings. The molecule has 0 N–H and O–H groups in total. The fourth-order valence-electron chi connectivity index (χ4n) is 13.6. The molecule has 7 nitrogen and oxygen atoms in total. The molecular formula is C72H42N6O. The van der Waals surface area contributed by atoms with Crippen molar-refractivity contribution in [1.29, 1.82) is 5.26 Å². The molecule has 10 aromatic carbocycles. The Balaban J connectivity index is 0.860. The summed E-state index contributed by atoms with van der Waals surface area (Å²) in [6.45, 7) is 0. The lowest BCUT2D eigenvalue weighted by atomic mass is 9.65. The van der Waals surface area contributed by atoms with Crippen LogP contribution in [0.25, 0.3) is 116 Å². The highest BCUT2D eigenvalue weighted by atomic mass is 16.5. The van der Waals surface area contributed by atoms with Crippen LogP contribution >= 0.6 is 0 Å². The van der Waals surface area contributed by atoms with Gasteiger partial charge >= 0.3 is 0 Å². The summed E-state index contributed by atoms with van der Waals surface area (Å²) in [5, 5.41) is 17.0. The number of fused-ring (bicyclic) bond motifs is 18. The van der Waals surface area contributed by atoms with Gasteiger partial charge in [-0.3, -0.25) is 9.97 Å². The second-order valence-corrected chi connectivity index (χ2v) is 20.7. The maximum absolute atomic E-state index is 10.1. The van der Waals surface area contributed by atoms with Gasteiger partial charge in [-0.25, -0.2) is 0 Å². The number of benzene rings is 10. The van der Waals surface area contributed by atoms with Crippen LogP contribution < -0.4 is 4.74 Å². The predicted molar refractivity (Wildman–Crippen MR) is 318 cm³/mol. The molecule has 1 aliphatic carbocycles. The van der Waals surface area contributed by atoms with Crippen molar-refractivity contribution in [2.24, 2.45) is 0 Å². The molecule has 0 saturated heterocycles. The van der Waals surface area contributed by atoms with E-state index < -0.39 is 5.41 Å². The first-order chi connectivity index (χ1) is 39.2. The molecule has 7 heteroatoms. The molecule has 0 radical (unpaired) electrons. The fraction of sp³-hybridized carbons (Fsp3) is 0.0139. The van der Waals surface area contributed by atoms with Crippen LogP contribution in [0.4, 0.5) is 0 Å². The molecule has 0 unspecified atom stereocenters. The van der Waals surface area contributed by atoms with Crippen LogP contribution in [-0.4, -0.2) is 23.7 Å². The number of nitrogens with zero attached hydrogens (tertiary/aromatic N) is 6. The van der Waals surface area contributed by atoms with Gasteiger partial charge in [-0.1, -0.05) is 133 Å². The molecule has 17 rings (SSSR count). The second kappa shape index (κ2) is 16.3. The predicted octanol–water partition coefficient (Wildman–Crippen LogP) is 17.4. The van der Waals surface area contributed by atoms with Gasteiger partial charge < -0.3 is 18.4 Å². The first kappa shape index (κ1) is 43.4. The van der Waals surface area contributed by atoms with Gasteiger partial charge in [-0.2, -0.15) is 5.26 Å². The van der Waals surface area contributed by atoms with Crippen molar-refractivity contribution >= 4 is 65.4 Å². The van der Waals surface area contributed by atoms with E-state index in [2.05, 4.69) is 232 Å². The molecule has 0 fully saturated rings. The Labute approximate surface area is 453 Å². The number of nitriles is 1. The topological polar surface area (TPSA) is 73.6 Å². The van der Waals surface area contributed by atoms with Crippen molar-refractivity contribution in [2.75, 3.05) is 0 Å². The molecule has 1 aliphatic heterocycles. The Kier molecular flexibility index (Phi) is 8.99. The molecule has 0 amide bonds. The molecule has 0 saturated carbocycles. The van der Waals surface area contributed by atoms with Crippen molar-refractivity contribution in [3.8, 4) is 68.3 Å². The quantitative estimate of drug-likeness (QED) is 0.172. The highest BCUT2D eigenvalue weighted by molar-refractivity contribution is 6.13. The van der Waals surface area contributed by atoms with Gasteiger partial charge in [-0.15, -0.1) is 0 Å². The zero-order valence-corrected chi connectivity index (χ0v) is 42.3. The smallest absolute Gasteiger partial charge is 0.140 e. The minimum atomic E-state index is -0.817. The van der Waals surface area contributed by atoms with Gasteiger partial charge in [0.05, 0.1) is 61.5 Å². The number of ether oxygens (including phenoxy) is 1. The van der Waals surface area contributed by atoms with E-state index in [1.807, 2.05) is 42.7 Å². The maximum Gasteiger partial charge on any atom is 0.140 e. The molecule has 79 heavy (non-hydrogen) atoms. The third-order valence-corrected chi connectivity index (χ3v) is 16.8. The summed E-state index contributed by atoms with van der Waals surface area (Å²) >= 11 is 0. The number of pyridine rings is 2. The SMILES string of the molecule is N#Cc1ccc2c(c1)c1cc(-c3cccc4c3Oc3c(-c5ccc6c(c5)c5ccccc5n6-c5ccc(-n6c7ccccc7c7ccccc76)cc5)cccc3C43c4cccnc4-c4ncccc43)ccc1n2-c1ccccc1. The van der Waals surface area contributed by atoms with Crippen LogP contribution in [0.5, 0.6) is 11.5 Å². The Bertz CT molecular complexity index is 5030. The third kappa shape index (κ3) is 5.94. The minimum absolute atomic E-state index is 0.616. The van der Waals surface area contributed by atoms with Gasteiger partial charge in [-0.05, 0) is 131 Å². The number of hydrogen-bond acceptors (Lipinski definition) is 4. The van der Waals surface area contributed by atoms with Crippen LogP contribution in [0.2, 0.25) is 0 Å². The van der Waals surface area contributed by atoms with E-state index in [0.717, 1.165) is 123 Å². The molecule has 5 aromatic heterocycles. The van der Waals surface area contributed by atoms with Gasteiger partial charge in [0.15, 0.2) is 0 Å². The maximum atomic E-state index is 10.1. The fourth-order valence-corrected chi connectivity index (χ4v) is 13.6. The molecule has 0 bridgehead atoms. The summed E-state index contributed by atoms with van der Waals surface area (Å²) in [6.07, 6.45) is 3.74. The van der Waals surface area contributed by atoms with Crippen molar-refractivity contribution in [3.05, 3.63) is 283 Å². The Morgan fingerprint density at radius 2 is 0.747 bits per heavy atom. The van der Waals surface area contributed by atoms with E-state index in [1.54, 1.807) is 0 Å². The lowest BCUT2D eigenvalue weighted by Crippen LogP contribution is -2.32. The van der Waals surface area contributed by atoms with E-state index in [0.29, 0.717) is 5.56 Å². The normalized spacial score (nSPS) is 13.0.